The van der Waals surface area contributed by atoms with E-state index in [0.717, 1.165) is 0 Å². The predicted molar refractivity (Wildman–Crippen MR) is 64.2 cm³/mol. The van der Waals surface area contributed by atoms with E-state index in [1.165, 1.54) is 0 Å². The molecule has 0 amide bonds. The van der Waals surface area contributed by atoms with E-state index in [0.29, 0.717) is 13.0 Å². The summed E-state index contributed by atoms with van der Waals surface area (Å²) in [4.78, 5) is 14.3. The van der Waals surface area contributed by atoms with E-state index in [-0.39, 0.29) is 17.4 Å². The number of hydrogen-bond donors (Lipinski definition) is 0. The van der Waals surface area contributed by atoms with E-state index in [4.69, 9.17) is 0 Å². The number of likely N-dealkylation sites (tertiary alicyclic amines) is 1. The highest BCUT2D eigenvalue weighted by Crippen LogP contribution is 2.32. The standard InChI is InChI=1S/C13H24FNO/c1-12(2,3)11(16)10-7-9(14)8-15(10)13(4,5)6/h9-10H,7-8H2,1-6H3. The Morgan fingerprint density at radius 3 is 2.06 bits per heavy atom. The van der Waals surface area contributed by atoms with Crippen molar-refractivity contribution in [2.75, 3.05) is 6.54 Å². The zero-order valence-corrected chi connectivity index (χ0v) is 11.3. The number of alkyl halides is 1. The van der Waals surface area contributed by atoms with Gasteiger partial charge in [-0.25, -0.2) is 4.39 Å². The molecule has 1 aliphatic rings. The van der Waals surface area contributed by atoms with Gasteiger partial charge in [0.15, 0.2) is 5.78 Å². The normalized spacial score (nSPS) is 28.4. The molecular weight excluding hydrogens is 205 g/mol. The van der Waals surface area contributed by atoms with Crippen molar-refractivity contribution >= 4 is 5.78 Å². The highest BCUT2D eigenvalue weighted by molar-refractivity contribution is 5.89. The number of rotatable bonds is 1. The molecule has 1 aliphatic heterocycles. The van der Waals surface area contributed by atoms with Crippen LogP contribution in [-0.2, 0) is 4.79 Å². The molecule has 16 heavy (non-hydrogen) atoms. The van der Waals surface area contributed by atoms with E-state index < -0.39 is 11.6 Å². The largest absolute Gasteiger partial charge is 0.297 e. The summed E-state index contributed by atoms with van der Waals surface area (Å²) >= 11 is 0. The Morgan fingerprint density at radius 1 is 1.19 bits per heavy atom. The topological polar surface area (TPSA) is 20.3 Å². The number of carbonyl (C=O) groups is 1. The molecule has 0 saturated carbocycles. The molecule has 0 aromatic heterocycles. The molecule has 2 unspecified atom stereocenters. The van der Waals surface area contributed by atoms with Crippen molar-refractivity contribution in [3.63, 3.8) is 0 Å². The van der Waals surface area contributed by atoms with Crippen molar-refractivity contribution in [3.05, 3.63) is 0 Å². The van der Waals surface area contributed by atoms with Gasteiger partial charge in [-0.2, -0.15) is 0 Å². The van der Waals surface area contributed by atoms with Gasteiger partial charge in [0.05, 0.1) is 6.04 Å². The van der Waals surface area contributed by atoms with Crippen LogP contribution in [0.3, 0.4) is 0 Å². The van der Waals surface area contributed by atoms with Crippen LogP contribution in [0.25, 0.3) is 0 Å². The summed E-state index contributed by atoms with van der Waals surface area (Å²) in [7, 11) is 0. The SMILES string of the molecule is CC(C)(C)C(=O)C1CC(F)CN1C(C)(C)C. The first-order chi connectivity index (χ1) is 7.03. The van der Waals surface area contributed by atoms with E-state index >= 15 is 0 Å². The lowest BCUT2D eigenvalue weighted by atomic mass is 9.84. The van der Waals surface area contributed by atoms with Crippen LogP contribution >= 0.6 is 0 Å². The molecule has 0 bridgehead atoms. The Labute approximate surface area is 98.2 Å². The highest BCUT2D eigenvalue weighted by Gasteiger charge is 2.44. The summed E-state index contributed by atoms with van der Waals surface area (Å²) < 4.78 is 13.5. The quantitative estimate of drug-likeness (QED) is 0.689. The maximum Gasteiger partial charge on any atom is 0.155 e. The number of ketones is 1. The fourth-order valence-electron chi connectivity index (χ4n) is 2.27. The molecule has 94 valence electrons. The molecule has 1 heterocycles. The first-order valence-electron chi connectivity index (χ1n) is 5.98. The van der Waals surface area contributed by atoms with Gasteiger partial charge in [0.2, 0.25) is 0 Å². The first-order valence-corrected chi connectivity index (χ1v) is 5.98. The van der Waals surface area contributed by atoms with Crippen LogP contribution in [0.4, 0.5) is 4.39 Å². The van der Waals surface area contributed by atoms with Crippen LogP contribution in [0, 0.1) is 5.41 Å². The smallest absolute Gasteiger partial charge is 0.155 e. The molecule has 0 spiro atoms. The Bertz CT molecular complexity index is 275. The third-order valence-electron chi connectivity index (χ3n) is 3.15. The molecule has 1 saturated heterocycles. The van der Waals surface area contributed by atoms with Crippen LogP contribution in [0.2, 0.25) is 0 Å². The van der Waals surface area contributed by atoms with Crippen molar-refractivity contribution in [1.82, 2.24) is 4.90 Å². The minimum absolute atomic E-state index is 0.146. The molecular formula is C13H24FNO. The Kier molecular flexibility index (Phi) is 3.49. The Balaban J connectivity index is 2.91. The molecule has 0 radical (unpaired) electrons. The molecule has 0 aromatic carbocycles. The van der Waals surface area contributed by atoms with Crippen LogP contribution in [0.5, 0.6) is 0 Å². The average molecular weight is 229 g/mol. The van der Waals surface area contributed by atoms with Crippen LogP contribution in [-0.4, -0.2) is 35.0 Å². The third-order valence-corrected chi connectivity index (χ3v) is 3.15. The monoisotopic (exact) mass is 229 g/mol. The van der Waals surface area contributed by atoms with Gasteiger partial charge in [-0.05, 0) is 20.8 Å². The second-order valence-corrected chi connectivity index (χ2v) is 6.79. The number of halogens is 1. The zero-order valence-electron chi connectivity index (χ0n) is 11.3. The molecule has 2 atom stereocenters. The lowest BCUT2D eigenvalue weighted by molar-refractivity contribution is -0.132. The van der Waals surface area contributed by atoms with Gasteiger partial charge in [0.25, 0.3) is 0 Å². The maximum atomic E-state index is 13.5. The van der Waals surface area contributed by atoms with Crippen molar-refractivity contribution in [3.8, 4) is 0 Å². The molecule has 1 rings (SSSR count). The van der Waals surface area contributed by atoms with Crippen molar-refractivity contribution in [1.29, 1.82) is 0 Å². The maximum absolute atomic E-state index is 13.5. The number of nitrogens with zero attached hydrogens (tertiary/aromatic N) is 1. The first kappa shape index (κ1) is 13.6. The van der Waals surface area contributed by atoms with E-state index in [9.17, 15) is 9.18 Å². The summed E-state index contributed by atoms with van der Waals surface area (Å²) in [5, 5.41) is 0. The fraction of sp³-hybridized carbons (Fsp3) is 0.923. The summed E-state index contributed by atoms with van der Waals surface area (Å²) in [5.74, 6) is 0.155. The summed E-state index contributed by atoms with van der Waals surface area (Å²) in [5.41, 5.74) is -0.537. The fourth-order valence-corrected chi connectivity index (χ4v) is 2.27. The van der Waals surface area contributed by atoms with Gasteiger partial charge in [0, 0.05) is 23.9 Å². The zero-order chi connectivity index (χ0) is 12.7. The average Bonchev–Trinajstić information content (AvgIpc) is 2.43. The minimum atomic E-state index is -0.865. The van der Waals surface area contributed by atoms with Crippen LogP contribution < -0.4 is 0 Å². The molecule has 0 N–H and O–H groups in total. The molecule has 2 nitrogen and oxygen atoms in total. The summed E-state index contributed by atoms with van der Waals surface area (Å²) in [6.45, 7) is 12.2. The second-order valence-electron chi connectivity index (χ2n) is 6.79. The van der Waals surface area contributed by atoms with E-state index in [1.807, 2.05) is 46.4 Å². The molecule has 0 aliphatic carbocycles. The Morgan fingerprint density at radius 2 is 1.69 bits per heavy atom. The molecule has 3 heteroatoms. The van der Waals surface area contributed by atoms with Crippen molar-refractivity contribution < 1.29 is 9.18 Å². The Hall–Kier alpha value is -0.440. The molecule has 1 fully saturated rings. The number of Topliss-reactive ketones (excluding diaryl/α,β-unsaturated/α-hetero) is 1. The van der Waals surface area contributed by atoms with Gasteiger partial charge in [-0.3, -0.25) is 9.69 Å². The third kappa shape index (κ3) is 2.82. The van der Waals surface area contributed by atoms with E-state index in [1.54, 1.807) is 0 Å². The lowest BCUT2D eigenvalue weighted by Crippen LogP contribution is -2.50. The van der Waals surface area contributed by atoms with Crippen molar-refractivity contribution in [2.24, 2.45) is 5.41 Å². The van der Waals surface area contributed by atoms with Crippen LogP contribution in [0.1, 0.15) is 48.0 Å². The number of hydrogen-bond acceptors (Lipinski definition) is 2. The predicted octanol–water partition coefficient (Wildman–Crippen LogP) is 2.81. The van der Waals surface area contributed by atoms with Crippen molar-refractivity contribution in [2.45, 2.75) is 65.7 Å². The highest BCUT2D eigenvalue weighted by atomic mass is 19.1. The molecule has 0 aromatic rings. The van der Waals surface area contributed by atoms with E-state index in [2.05, 4.69) is 0 Å². The summed E-state index contributed by atoms with van der Waals surface area (Å²) in [6, 6.07) is -0.255. The van der Waals surface area contributed by atoms with Gasteiger partial charge in [0.1, 0.15) is 6.17 Å². The van der Waals surface area contributed by atoms with Gasteiger partial charge in [-0.1, -0.05) is 20.8 Å². The lowest BCUT2D eigenvalue weighted by Gasteiger charge is -2.38. The van der Waals surface area contributed by atoms with Gasteiger partial charge < -0.3 is 0 Å². The van der Waals surface area contributed by atoms with Crippen LogP contribution in [0.15, 0.2) is 0 Å². The van der Waals surface area contributed by atoms with Gasteiger partial charge >= 0.3 is 0 Å². The second kappa shape index (κ2) is 4.10. The van der Waals surface area contributed by atoms with Gasteiger partial charge in [-0.15, -0.1) is 0 Å². The minimum Gasteiger partial charge on any atom is -0.297 e. The summed E-state index contributed by atoms with van der Waals surface area (Å²) in [6.07, 6.45) is -0.511. The number of carbonyl (C=O) groups excluding carboxylic acids is 1.